The molecule has 0 saturated carbocycles. The third-order valence-electron chi connectivity index (χ3n) is 2.95. The zero-order chi connectivity index (χ0) is 15.3. The Morgan fingerprint density at radius 1 is 1.30 bits per heavy atom. The lowest BCUT2D eigenvalue weighted by Gasteiger charge is -2.25. The molecule has 0 aliphatic heterocycles. The van der Waals surface area contributed by atoms with E-state index in [0.29, 0.717) is 17.1 Å². The molecule has 6 heteroatoms. The van der Waals surface area contributed by atoms with Crippen LogP contribution in [0.25, 0.3) is 0 Å². The van der Waals surface area contributed by atoms with Crippen LogP contribution in [0.5, 0.6) is 5.75 Å². The first-order valence-corrected chi connectivity index (χ1v) is 6.46. The Balaban J connectivity index is 3.08. The molecule has 0 aliphatic carbocycles. The number of carbonyl (C=O) groups excluding carboxylic acids is 1. The molecule has 0 bridgehead atoms. The second-order valence-electron chi connectivity index (χ2n) is 5.02. The van der Waals surface area contributed by atoms with Crippen molar-refractivity contribution < 1.29 is 9.53 Å². The van der Waals surface area contributed by atoms with Crippen molar-refractivity contribution in [2.45, 2.75) is 6.92 Å². The molecule has 0 heterocycles. The van der Waals surface area contributed by atoms with E-state index in [4.69, 9.17) is 10.5 Å². The van der Waals surface area contributed by atoms with Crippen molar-refractivity contribution in [3.63, 3.8) is 0 Å². The van der Waals surface area contributed by atoms with Crippen molar-refractivity contribution >= 4 is 23.0 Å². The molecule has 6 nitrogen and oxygen atoms in total. The van der Waals surface area contributed by atoms with Crippen molar-refractivity contribution in [3.8, 4) is 5.75 Å². The summed E-state index contributed by atoms with van der Waals surface area (Å²) in [6, 6.07) is 3.57. The highest BCUT2D eigenvalue weighted by Crippen LogP contribution is 2.34. The van der Waals surface area contributed by atoms with Crippen LogP contribution in [0.1, 0.15) is 6.92 Å². The molecule has 0 aromatic heterocycles. The molecule has 0 fully saturated rings. The summed E-state index contributed by atoms with van der Waals surface area (Å²) in [6.07, 6.45) is 0. The molecule has 3 N–H and O–H groups in total. The van der Waals surface area contributed by atoms with E-state index in [9.17, 15) is 4.79 Å². The van der Waals surface area contributed by atoms with Crippen LogP contribution in [-0.4, -0.2) is 52.1 Å². The SMILES string of the molecule is COc1cc(N(C)CCN(C)C)c(NC(C)=O)cc1N. The van der Waals surface area contributed by atoms with Crippen LogP contribution in [0.15, 0.2) is 12.1 Å². The number of anilines is 3. The summed E-state index contributed by atoms with van der Waals surface area (Å²) in [5.41, 5.74) is 7.97. The molecule has 1 rings (SSSR count). The number of nitrogens with two attached hydrogens (primary N) is 1. The van der Waals surface area contributed by atoms with Gasteiger partial charge in [0.2, 0.25) is 5.91 Å². The highest BCUT2D eigenvalue weighted by molar-refractivity contribution is 5.94. The lowest BCUT2D eigenvalue weighted by molar-refractivity contribution is -0.114. The molecular weight excluding hydrogens is 256 g/mol. The summed E-state index contributed by atoms with van der Waals surface area (Å²) in [5.74, 6) is 0.475. The van der Waals surface area contributed by atoms with Gasteiger partial charge in [-0.05, 0) is 20.2 Å². The maximum absolute atomic E-state index is 11.3. The van der Waals surface area contributed by atoms with E-state index < -0.39 is 0 Å². The highest BCUT2D eigenvalue weighted by Gasteiger charge is 2.13. The van der Waals surface area contributed by atoms with Crippen LogP contribution in [0, 0.1) is 0 Å². The number of likely N-dealkylation sites (N-methyl/N-ethyl adjacent to an activating group) is 2. The normalized spacial score (nSPS) is 10.5. The van der Waals surface area contributed by atoms with Gasteiger partial charge in [-0.3, -0.25) is 4.79 Å². The van der Waals surface area contributed by atoms with Gasteiger partial charge >= 0.3 is 0 Å². The zero-order valence-electron chi connectivity index (χ0n) is 12.9. The first-order chi connectivity index (χ1) is 9.35. The summed E-state index contributed by atoms with van der Waals surface area (Å²) in [4.78, 5) is 15.5. The molecule has 20 heavy (non-hydrogen) atoms. The van der Waals surface area contributed by atoms with Gasteiger partial charge < -0.3 is 25.6 Å². The summed E-state index contributed by atoms with van der Waals surface area (Å²) in [7, 11) is 7.59. The van der Waals surface area contributed by atoms with E-state index in [1.807, 2.05) is 27.2 Å². The fourth-order valence-electron chi connectivity index (χ4n) is 1.84. The lowest BCUT2D eigenvalue weighted by Crippen LogP contribution is -2.29. The first kappa shape index (κ1) is 16.1. The van der Waals surface area contributed by atoms with E-state index in [-0.39, 0.29) is 5.91 Å². The van der Waals surface area contributed by atoms with Crippen LogP contribution in [0.4, 0.5) is 17.1 Å². The third-order valence-corrected chi connectivity index (χ3v) is 2.95. The second kappa shape index (κ2) is 7.00. The molecule has 112 valence electrons. The fraction of sp³-hybridized carbons (Fsp3) is 0.500. The molecule has 0 atom stereocenters. The Kier molecular flexibility index (Phi) is 5.64. The highest BCUT2D eigenvalue weighted by atomic mass is 16.5. The smallest absolute Gasteiger partial charge is 0.221 e. The predicted molar refractivity (Wildman–Crippen MR) is 83.5 cm³/mol. The largest absolute Gasteiger partial charge is 0.495 e. The third kappa shape index (κ3) is 4.31. The number of methoxy groups -OCH3 is 1. The van der Waals surface area contributed by atoms with Gasteiger partial charge in [-0.1, -0.05) is 0 Å². The quantitative estimate of drug-likeness (QED) is 0.767. The number of hydrogen-bond acceptors (Lipinski definition) is 5. The van der Waals surface area contributed by atoms with E-state index in [0.717, 1.165) is 18.8 Å². The summed E-state index contributed by atoms with van der Waals surface area (Å²) < 4.78 is 5.25. The van der Waals surface area contributed by atoms with Crippen LogP contribution in [-0.2, 0) is 4.79 Å². The van der Waals surface area contributed by atoms with Gasteiger partial charge in [0.25, 0.3) is 0 Å². The van der Waals surface area contributed by atoms with Crippen LogP contribution in [0.3, 0.4) is 0 Å². The van der Waals surface area contributed by atoms with Gasteiger partial charge in [0, 0.05) is 33.1 Å². The first-order valence-electron chi connectivity index (χ1n) is 6.46. The van der Waals surface area contributed by atoms with Gasteiger partial charge in [0.15, 0.2) is 0 Å². The molecular formula is C14H24N4O2. The molecule has 1 amide bonds. The van der Waals surface area contributed by atoms with Gasteiger partial charge in [-0.15, -0.1) is 0 Å². The Morgan fingerprint density at radius 3 is 2.45 bits per heavy atom. The molecule has 1 aromatic carbocycles. The molecule has 0 unspecified atom stereocenters. The molecule has 0 saturated heterocycles. The minimum Gasteiger partial charge on any atom is -0.495 e. The van der Waals surface area contributed by atoms with Gasteiger partial charge in [0.1, 0.15) is 5.75 Å². The molecule has 0 radical (unpaired) electrons. The molecule has 0 spiro atoms. The number of amides is 1. The van der Waals surface area contributed by atoms with Gasteiger partial charge in [-0.25, -0.2) is 0 Å². The molecule has 0 aliphatic rings. The van der Waals surface area contributed by atoms with E-state index in [1.54, 1.807) is 13.2 Å². The average Bonchev–Trinajstić information content (AvgIpc) is 2.35. The number of rotatable bonds is 6. The Bertz CT molecular complexity index is 474. The van der Waals surface area contributed by atoms with Gasteiger partial charge in [-0.2, -0.15) is 0 Å². The lowest BCUT2D eigenvalue weighted by atomic mass is 10.2. The summed E-state index contributed by atoms with van der Waals surface area (Å²) in [6.45, 7) is 3.21. The topological polar surface area (TPSA) is 70.8 Å². The summed E-state index contributed by atoms with van der Waals surface area (Å²) >= 11 is 0. The number of hydrogen-bond donors (Lipinski definition) is 2. The Morgan fingerprint density at radius 2 is 1.95 bits per heavy atom. The van der Waals surface area contributed by atoms with Crippen LogP contribution >= 0.6 is 0 Å². The number of nitrogens with zero attached hydrogens (tertiary/aromatic N) is 2. The maximum atomic E-state index is 11.3. The van der Waals surface area contributed by atoms with Crippen molar-refractivity contribution in [1.82, 2.24) is 4.90 Å². The maximum Gasteiger partial charge on any atom is 0.221 e. The van der Waals surface area contributed by atoms with E-state index in [2.05, 4.69) is 15.1 Å². The average molecular weight is 280 g/mol. The number of nitrogens with one attached hydrogen (secondary N) is 1. The molecule has 1 aromatic rings. The van der Waals surface area contributed by atoms with Crippen LogP contribution < -0.4 is 20.7 Å². The second-order valence-corrected chi connectivity index (χ2v) is 5.02. The van der Waals surface area contributed by atoms with Crippen molar-refractivity contribution in [2.24, 2.45) is 0 Å². The number of ether oxygens (including phenoxy) is 1. The fourth-order valence-corrected chi connectivity index (χ4v) is 1.84. The Hall–Kier alpha value is -1.95. The van der Waals surface area contributed by atoms with Gasteiger partial charge in [0.05, 0.1) is 24.2 Å². The minimum atomic E-state index is -0.128. The van der Waals surface area contributed by atoms with Crippen LogP contribution in [0.2, 0.25) is 0 Å². The van der Waals surface area contributed by atoms with Crippen molar-refractivity contribution in [1.29, 1.82) is 0 Å². The number of benzene rings is 1. The zero-order valence-corrected chi connectivity index (χ0v) is 12.9. The van der Waals surface area contributed by atoms with Crippen molar-refractivity contribution in [2.75, 3.05) is 57.3 Å². The Labute approximate surface area is 120 Å². The van der Waals surface area contributed by atoms with E-state index in [1.165, 1.54) is 6.92 Å². The monoisotopic (exact) mass is 280 g/mol. The summed E-state index contributed by atoms with van der Waals surface area (Å²) in [5, 5.41) is 2.80. The van der Waals surface area contributed by atoms with E-state index >= 15 is 0 Å². The number of carbonyl (C=O) groups is 1. The van der Waals surface area contributed by atoms with Crippen molar-refractivity contribution in [3.05, 3.63) is 12.1 Å². The predicted octanol–water partition coefficient (Wildman–Crippen LogP) is 1.23. The minimum absolute atomic E-state index is 0.128. The standard InChI is InChI=1S/C14H24N4O2/c1-10(19)16-12-8-11(15)14(20-5)9-13(12)18(4)7-6-17(2)3/h8-9H,6-7,15H2,1-5H3,(H,16,19). The number of nitrogen functional groups attached to an aromatic ring is 1.